The molecule has 33 heavy (non-hydrogen) atoms. The molecule has 1 aliphatic heterocycles. The molecule has 1 N–H and O–H groups in total. The molecule has 3 aromatic carbocycles. The van der Waals surface area contributed by atoms with Crippen LogP contribution in [0.2, 0.25) is 0 Å². The lowest BCUT2D eigenvalue weighted by Gasteiger charge is -2.28. The summed E-state index contributed by atoms with van der Waals surface area (Å²) >= 11 is 0. The number of rotatable bonds is 6. The Morgan fingerprint density at radius 2 is 1.61 bits per heavy atom. The fourth-order valence-electron chi connectivity index (χ4n) is 4.15. The second kappa shape index (κ2) is 9.28. The lowest BCUT2D eigenvalue weighted by Crippen LogP contribution is -2.45. The number of ether oxygens (including phenoxy) is 1. The molecule has 3 aromatic rings. The quantitative estimate of drug-likeness (QED) is 0.559. The largest absolute Gasteiger partial charge is 0.467 e. The van der Waals surface area contributed by atoms with Crippen LogP contribution in [0, 0.1) is 5.92 Å². The van der Waals surface area contributed by atoms with E-state index in [4.69, 9.17) is 4.74 Å². The lowest BCUT2D eigenvalue weighted by molar-refractivity contribution is -0.147. The summed E-state index contributed by atoms with van der Waals surface area (Å²) < 4.78 is 4.93. The van der Waals surface area contributed by atoms with Crippen molar-refractivity contribution in [1.29, 1.82) is 0 Å². The number of hydrogen-bond donors (Lipinski definition) is 1. The van der Waals surface area contributed by atoms with Crippen molar-refractivity contribution in [1.82, 2.24) is 4.90 Å². The number of carbonyl (C=O) groups is 3. The third-order valence-corrected chi connectivity index (χ3v) is 5.86. The number of benzene rings is 3. The molecule has 6 nitrogen and oxygen atoms in total. The Bertz CT molecular complexity index is 1190. The van der Waals surface area contributed by atoms with Gasteiger partial charge in [-0.3, -0.25) is 9.59 Å². The van der Waals surface area contributed by atoms with Crippen LogP contribution >= 0.6 is 0 Å². The Morgan fingerprint density at radius 1 is 0.939 bits per heavy atom. The molecular formula is C27H26N2O4. The van der Waals surface area contributed by atoms with Crippen LogP contribution in [0.5, 0.6) is 0 Å². The van der Waals surface area contributed by atoms with Crippen molar-refractivity contribution in [2.24, 2.45) is 5.92 Å². The smallest absolute Gasteiger partial charge is 0.328 e. The first-order chi connectivity index (χ1) is 15.9. The van der Waals surface area contributed by atoms with Gasteiger partial charge in [0, 0.05) is 23.4 Å². The number of hydrogen-bond acceptors (Lipinski definition) is 4. The average molecular weight is 443 g/mol. The first kappa shape index (κ1) is 22.3. The van der Waals surface area contributed by atoms with E-state index in [9.17, 15) is 14.4 Å². The highest BCUT2D eigenvalue weighted by Crippen LogP contribution is 2.32. The van der Waals surface area contributed by atoms with Crippen LogP contribution in [0.1, 0.15) is 40.1 Å². The minimum atomic E-state index is -0.620. The number of amides is 2. The monoisotopic (exact) mass is 442 g/mol. The summed E-state index contributed by atoms with van der Waals surface area (Å²) in [7, 11) is 1.34. The molecule has 6 heteroatoms. The van der Waals surface area contributed by atoms with E-state index >= 15 is 0 Å². The van der Waals surface area contributed by atoms with Gasteiger partial charge < -0.3 is 15.0 Å². The van der Waals surface area contributed by atoms with E-state index in [0.717, 1.165) is 16.7 Å². The van der Waals surface area contributed by atoms with Crippen LogP contribution < -0.4 is 5.32 Å². The zero-order chi connectivity index (χ0) is 23.5. The van der Waals surface area contributed by atoms with E-state index in [1.807, 2.05) is 74.5 Å². The van der Waals surface area contributed by atoms with Gasteiger partial charge in [-0.2, -0.15) is 0 Å². The van der Waals surface area contributed by atoms with Crippen LogP contribution in [0.25, 0.3) is 11.1 Å². The maximum absolute atomic E-state index is 13.1. The van der Waals surface area contributed by atoms with Crippen molar-refractivity contribution < 1.29 is 19.1 Å². The third kappa shape index (κ3) is 4.51. The maximum atomic E-state index is 13.1. The van der Waals surface area contributed by atoms with E-state index in [1.165, 1.54) is 7.11 Å². The predicted octanol–water partition coefficient (Wildman–Crippen LogP) is 4.76. The van der Waals surface area contributed by atoms with Crippen LogP contribution in [-0.2, 0) is 16.1 Å². The number of fused-ring (bicyclic) bond motifs is 1. The molecule has 0 aliphatic carbocycles. The molecule has 0 aromatic heterocycles. The van der Waals surface area contributed by atoms with Gasteiger partial charge in [0.1, 0.15) is 6.04 Å². The molecule has 0 bridgehead atoms. The minimum Gasteiger partial charge on any atom is -0.467 e. The molecular weight excluding hydrogens is 416 g/mol. The first-order valence-corrected chi connectivity index (χ1v) is 10.9. The van der Waals surface area contributed by atoms with Crippen molar-refractivity contribution in [3.05, 3.63) is 89.5 Å². The minimum absolute atomic E-state index is 0.0613. The third-order valence-electron chi connectivity index (χ3n) is 5.86. The molecule has 0 radical (unpaired) electrons. The number of nitrogens with zero attached hydrogens (tertiary/aromatic N) is 1. The highest BCUT2D eigenvalue weighted by atomic mass is 16.5. The van der Waals surface area contributed by atoms with Crippen molar-refractivity contribution in [2.45, 2.75) is 26.4 Å². The SMILES string of the molecule is COC(=O)C(C(C)C)N1Cc2ccc(-c3ccc(NC(=O)c4ccccc4)cc3)cc2C1=O. The second-order valence-corrected chi connectivity index (χ2v) is 8.41. The molecule has 168 valence electrons. The fraction of sp³-hybridized carbons (Fsp3) is 0.222. The molecule has 4 rings (SSSR count). The molecule has 1 unspecified atom stereocenters. The van der Waals surface area contributed by atoms with Crippen molar-refractivity contribution >= 4 is 23.5 Å². The van der Waals surface area contributed by atoms with Crippen LogP contribution in [0.4, 0.5) is 5.69 Å². The Kier molecular flexibility index (Phi) is 6.27. The molecule has 0 fully saturated rings. The summed E-state index contributed by atoms with van der Waals surface area (Å²) in [5.41, 5.74) is 4.59. The molecule has 0 spiro atoms. The van der Waals surface area contributed by atoms with E-state index in [0.29, 0.717) is 23.4 Å². The molecule has 0 saturated heterocycles. The highest BCUT2D eigenvalue weighted by molar-refractivity contribution is 6.04. The number of carbonyl (C=O) groups excluding carboxylic acids is 3. The van der Waals surface area contributed by atoms with Crippen molar-refractivity contribution in [3.8, 4) is 11.1 Å². The van der Waals surface area contributed by atoms with Crippen LogP contribution in [0.3, 0.4) is 0 Å². The van der Waals surface area contributed by atoms with E-state index in [1.54, 1.807) is 17.0 Å². The van der Waals surface area contributed by atoms with Gasteiger partial charge in [-0.05, 0) is 52.9 Å². The van der Waals surface area contributed by atoms with Crippen LogP contribution in [-0.4, -0.2) is 35.8 Å². The number of methoxy groups -OCH3 is 1. The van der Waals surface area contributed by atoms with Gasteiger partial charge in [0.05, 0.1) is 7.11 Å². The van der Waals surface area contributed by atoms with Gasteiger partial charge in [-0.15, -0.1) is 0 Å². The summed E-state index contributed by atoms with van der Waals surface area (Å²) in [6, 6.07) is 21.7. The highest BCUT2D eigenvalue weighted by Gasteiger charge is 2.38. The maximum Gasteiger partial charge on any atom is 0.328 e. The van der Waals surface area contributed by atoms with Gasteiger partial charge in [0.15, 0.2) is 0 Å². The number of nitrogens with one attached hydrogen (secondary N) is 1. The summed E-state index contributed by atoms with van der Waals surface area (Å²) in [5.74, 6) is -0.798. The predicted molar refractivity (Wildman–Crippen MR) is 127 cm³/mol. The second-order valence-electron chi connectivity index (χ2n) is 8.41. The van der Waals surface area contributed by atoms with Gasteiger partial charge in [0.2, 0.25) is 0 Å². The van der Waals surface area contributed by atoms with Crippen molar-refractivity contribution in [3.63, 3.8) is 0 Å². The van der Waals surface area contributed by atoms with Gasteiger partial charge >= 0.3 is 5.97 Å². The summed E-state index contributed by atoms with van der Waals surface area (Å²) in [6.07, 6.45) is 0. The molecule has 0 saturated carbocycles. The van der Waals surface area contributed by atoms with Gasteiger partial charge in [-0.1, -0.05) is 56.3 Å². The average Bonchev–Trinajstić information content (AvgIpc) is 3.15. The van der Waals surface area contributed by atoms with E-state index in [-0.39, 0.29) is 17.7 Å². The Morgan fingerprint density at radius 3 is 2.24 bits per heavy atom. The first-order valence-electron chi connectivity index (χ1n) is 10.9. The number of anilines is 1. The molecule has 1 atom stereocenters. The van der Waals surface area contributed by atoms with Crippen molar-refractivity contribution in [2.75, 3.05) is 12.4 Å². The van der Waals surface area contributed by atoms with Gasteiger partial charge in [-0.25, -0.2) is 4.79 Å². The summed E-state index contributed by atoms with van der Waals surface area (Å²) in [6.45, 7) is 4.19. The van der Waals surface area contributed by atoms with E-state index in [2.05, 4.69) is 5.32 Å². The Balaban J connectivity index is 1.52. The summed E-state index contributed by atoms with van der Waals surface area (Å²) in [5, 5.41) is 2.89. The Labute approximate surface area is 193 Å². The normalized spacial score (nSPS) is 13.6. The summed E-state index contributed by atoms with van der Waals surface area (Å²) in [4.78, 5) is 39.3. The molecule has 1 aliphatic rings. The van der Waals surface area contributed by atoms with E-state index < -0.39 is 12.0 Å². The van der Waals surface area contributed by atoms with Gasteiger partial charge in [0.25, 0.3) is 11.8 Å². The standard InChI is InChI=1S/C27H26N2O4/c1-17(2)24(27(32)33-3)29-16-21-10-9-20(15-23(21)26(29)31)18-11-13-22(14-12-18)28-25(30)19-7-5-4-6-8-19/h4-15,17,24H,16H2,1-3H3,(H,28,30). The van der Waals surface area contributed by atoms with Crippen LogP contribution in [0.15, 0.2) is 72.8 Å². The molecule has 2 amide bonds. The zero-order valence-corrected chi connectivity index (χ0v) is 18.9. The topological polar surface area (TPSA) is 75.7 Å². The Hall–Kier alpha value is -3.93. The zero-order valence-electron chi connectivity index (χ0n) is 18.9. The fourth-order valence-corrected chi connectivity index (χ4v) is 4.15. The lowest BCUT2D eigenvalue weighted by atomic mass is 10.00. The molecule has 1 heterocycles. The number of esters is 1.